The van der Waals surface area contributed by atoms with E-state index in [-0.39, 0.29) is 21.8 Å². The number of hydrogen-bond donors (Lipinski definition) is 1. The van der Waals surface area contributed by atoms with Crippen molar-refractivity contribution in [3.05, 3.63) is 195 Å². The zero-order valence-corrected chi connectivity index (χ0v) is 76.7. The average molecular weight is 1640 g/mol. The molecule has 0 atom stereocenters. The molecular weight excluding hydrogens is 1500 g/mol. The number of nitriles is 1. The summed E-state index contributed by atoms with van der Waals surface area (Å²) in [4.78, 5) is 17.1. The van der Waals surface area contributed by atoms with E-state index in [4.69, 9.17) is 0 Å². The lowest BCUT2D eigenvalue weighted by atomic mass is 9.63. The molecule has 3 aliphatic rings. The Bertz CT molecular complexity index is 5360. The van der Waals surface area contributed by atoms with Gasteiger partial charge in [0.15, 0.2) is 0 Å². The lowest BCUT2D eigenvalue weighted by Gasteiger charge is -2.40. The summed E-state index contributed by atoms with van der Waals surface area (Å²) < 4.78 is 7.51. The van der Waals surface area contributed by atoms with Crippen LogP contribution in [0.25, 0.3) is 98.2 Å². The van der Waals surface area contributed by atoms with Gasteiger partial charge in [0.05, 0.1) is 20.4 Å². The number of aromatic nitrogens is 2. The second-order valence-electron chi connectivity index (χ2n) is 36.5. The molecule has 7 aromatic carbocycles. The van der Waals surface area contributed by atoms with Crippen LogP contribution in [0.15, 0.2) is 151 Å². The van der Waals surface area contributed by atoms with Gasteiger partial charge >= 0.3 is 5.97 Å². The number of anilines is 3. The van der Waals surface area contributed by atoms with Crippen molar-refractivity contribution < 1.29 is 9.90 Å². The van der Waals surface area contributed by atoms with Crippen LogP contribution < -0.4 is 4.90 Å². The predicted octanol–water partition coefficient (Wildman–Crippen LogP) is 35.5. The third kappa shape index (κ3) is 17.7. The Kier molecular flexibility index (Phi) is 30.7. The SMILES string of the molecule is CCCCC/C=C/c1cc(N(c2ccc3c(c2)C(CCCCCC)(CCCCCC)c2c4c(c5c(c2-3)C(CCCCCC)(CCCCCC)c2ccccc2-5)C(CCCCCC)(CCCCCC)c2ccccc2-4)c2ccc3c(c2)c2ccccc2n3CCCCCC)ccc1-c1cc2c(s1)c1sc(/C=C(/C#N)C(=O)O)cc1n2CCCCCC. The molecular formula is C112H142N4O2S2. The monoisotopic (exact) mass is 1640 g/mol. The number of unbranched alkanes of at least 4 members (excludes halogenated alkanes) is 27. The Morgan fingerprint density at radius 1 is 0.392 bits per heavy atom. The maximum atomic E-state index is 12.3. The van der Waals surface area contributed by atoms with E-state index in [9.17, 15) is 15.2 Å². The fourth-order valence-electron chi connectivity index (χ4n) is 22.4. The van der Waals surface area contributed by atoms with Crippen molar-refractivity contribution in [1.29, 1.82) is 5.26 Å². The zero-order chi connectivity index (χ0) is 83.6. The molecule has 8 heteroatoms. The van der Waals surface area contributed by atoms with Crippen molar-refractivity contribution in [2.75, 3.05) is 4.90 Å². The molecule has 14 rings (SSSR count). The Morgan fingerprint density at radius 2 is 0.792 bits per heavy atom. The zero-order valence-electron chi connectivity index (χ0n) is 75.1. The minimum absolute atomic E-state index is 0.129. The summed E-state index contributed by atoms with van der Waals surface area (Å²) in [7, 11) is 0. The molecule has 0 saturated heterocycles. The van der Waals surface area contributed by atoms with E-state index < -0.39 is 5.97 Å². The van der Waals surface area contributed by atoms with Crippen molar-refractivity contribution in [2.24, 2.45) is 0 Å². The summed E-state index contributed by atoms with van der Waals surface area (Å²) in [5, 5.41) is 22.7. The first-order valence-corrected chi connectivity index (χ1v) is 50.2. The molecule has 0 unspecified atom stereocenters. The van der Waals surface area contributed by atoms with Crippen LogP contribution in [0.2, 0.25) is 0 Å². The molecule has 6 nitrogen and oxygen atoms in total. The van der Waals surface area contributed by atoms with E-state index in [0.717, 1.165) is 85.2 Å². The molecule has 0 amide bonds. The Morgan fingerprint density at radius 3 is 1.29 bits per heavy atom. The van der Waals surface area contributed by atoms with Gasteiger partial charge in [-0.15, -0.1) is 22.7 Å². The van der Waals surface area contributed by atoms with Gasteiger partial charge in [-0.2, -0.15) is 5.26 Å². The highest BCUT2D eigenvalue weighted by atomic mass is 32.1. The molecule has 4 aromatic heterocycles. The van der Waals surface area contributed by atoms with E-state index in [1.807, 2.05) is 17.4 Å². The topological polar surface area (TPSA) is 74.2 Å². The van der Waals surface area contributed by atoms with Crippen LogP contribution in [-0.2, 0) is 34.1 Å². The highest BCUT2D eigenvalue weighted by molar-refractivity contribution is 7.29. The molecule has 0 saturated carbocycles. The van der Waals surface area contributed by atoms with E-state index >= 15 is 0 Å². The number of aryl methyl sites for hydroxylation is 2. The quantitative estimate of drug-likeness (QED) is 0.0234. The number of aliphatic carboxylic acids is 1. The molecule has 0 radical (unpaired) electrons. The predicted molar refractivity (Wildman–Crippen MR) is 522 cm³/mol. The van der Waals surface area contributed by atoms with Gasteiger partial charge in [-0.3, -0.25) is 0 Å². The highest BCUT2D eigenvalue weighted by Gasteiger charge is 2.58. The van der Waals surface area contributed by atoms with Crippen LogP contribution in [-0.4, -0.2) is 20.2 Å². The molecule has 1 N–H and O–H groups in total. The number of carboxylic acids is 1. The largest absolute Gasteiger partial charge is 0.477 e. The summed E-state index contributed by atoms with van der Waals surface area (Å²) >= 11 is 3.48. The molecule has 3 aliphatic carbocycles. The van der Waals surface area contributed by atoms with Crippen molar-refractivity contribution in [3.8, 4) is 49.9 Å². The number of allylic oxidation sites excluding steroid dienone is 1. The lowest BCUT2D eigenvalue weighted by Crippen LogP contribution is -2.31. The van der Waals surface area contributed by atoms with Crippen LogP contribution in [0.1, 0.15) is 376 Å². The summed E-state index contributed by atoms with van der Waals surface area (Å²) in [6.45, 7) is 23.2. The molecule has 0 bridgehead atoms. The molecule has 0 aliphatic heterocycles. The minimum Gasteiger partial charge on any atom is -0.477 e. The minimum atomic E-state index is -1.19. The second-order valence-corrected chi connectivity index (χ2v) is 38.6. The summed E-state index contributed by atoms with van der Waals surface area (Å²) in [6, 6.07) is 59.4. The Hall–Kier alpha value is -8.22. The number of benzene rings is 7. The number of carbonyl (C=O) groups is 1. The Balaban J connectivity index is 1.08. The molecule has 120 heavy (non-hydrogen) atoms. The first-order valence-electron chi connectivity index (χ1n) is 48.6. The van der Waals surface area contributed by atoms with Gasteiger partial charge < -0.3 is 19.1 Å². The van der Waals surface area contributed by atoms with E-state index in [2.05, 4.69) is 228 Å². The standard InChI is InChI=1S/C112H142N4O2S2/c1-10-19-28-37-38-53-81-74-83(60-63-87(81)100-79-99-108(120-100)107-98(115(99)73-52-36-27-18-9)78-86(119-107)75-82(80-113)109(117)118)116(84-62-65-97-92(76-84)88-54-41-44-59-96(88)114(97)72-51-35-26-17-8)85-61-64-91-95(77-85)112(70-49-33-24-15-6,71-50-34-25-16-7)106-102-90-56-40-43-58-94(90)110(66-45-29-20-11-2,67-46-30-21-12-3)104(102)101-89-55-39-42-57-93(89)111(105(101)103(91)106,68-47-31-22-13-4)69-48-32-23-14-5/h38-44,53-65,74-79H,10-37,45-52,66-73H2,1-9H3,(H,117,118)/b53-38+,82-75-. The van der Waals surface area contributed by atoms with E-state index in [1.165, 1.54) is 283 Å². The third-order valence-corrected chi connectivity index (χ3v) is 30.7. The van der Waals surface area contributed by atoms with Gasteiger partial charge in [-0.25, -0.2) is 4.79 Å². The summed E-state index contributed by atoms with van der Waals surface area (Å²) in [5.74, 6) is -1.19. The van der Waals surface area contributed by atoms with Crippen LogP contribution in [0.4, 0.5) is 17.1 Å². The van der Waals surface area contributed by atoms with Crippen LogP contribution in [0.3, 0.4) is 0 Å². The van der Waals surface area contributed by atoms with Crippen molar-refractivity contribution in [2.45, 2.75) is 361 Å². The lowest BCUT2D eigenvalue weighted by molar-refractivity contribution is -0.132. The molecule has 4 heterocycles. The van der Waals surface area contributed by atoms with Crippen LogP contribution >= 0.6 is 22.7 Å². The van der Waals surface area contributed by atoms with Gasteiger partial charge in [0.2, 0.25) is 0 Å². The first-order chi connectivity index (χ1) is 59.0. The second kappa shape index (κ2) is 41.8. The van der Waals surface area contributed by atoms with Crippen molar-refractivity contribution >= 4 is 100 Å². The number of nitrogens with zero attached hydrogens (tertiary/aromatic N) is 4. The fourth-order valence-corrected chi connectivity index (χ4v) is 24.8. The number of thiophene rings is 2. The number of rotatable bonds is 51. The fraction of sp³-hybridized carbons (Fsp3) is 0.500. The number of para-hydroxylation sites is 1. The van der Waals surface area contributed by atoms with Gasteiger partial charge in [0.1, 0.15) is 11.6 Å². The molecule has 11 aromatic rings. The molecule has 0 fully saturated rings. The molecule has 0 spiro atoms. The molecule has 634 valence electrons. The van der Waals surface area contributed by atoms with E-state index in [1.54, 1.807) is 78.6 Å². The first kappa shape index (κ1) is 88.1. The van der Waals surface area contributed by atoms with Crippen molar-refractivity contribution in [3.63, 3.8) is 0 Å². The number of fused-ring (bicyclic) bond motifs is 18. The van der Waals surface area contributed by atoms with Crippen LogP contribution in [0.5, 0.6) is 0 Å². The Labute approximate surface area is 730 Å². The number of carboxylic acid groups (broad SMARTS) is 1. The van der Waals surface area contributed by atoms with Crippen molar-refractivity contribution in [1.82, 2.24) is 9.13 Å². The van der Waals surface area contributed by atoms with Gasteiger partial charge in [-0.1, -0.05) is 359 Å². The highest BCUT2D eigenvalue weighted by Crippen LogP contribution is 2.72. The average Bonchev–Trinajstić information content (AvgIpc) is 1.48. The van der Waals surface area contributed by atoms with Crippen LogP contribution in [0, 0.1) is 11.3 Å². The summed E-state index contributed by atoms with van der Waals surface area (Å²) in [6.07, 6.45) is 57.3. The smallest absolute Gasteiger partial charge is 0.346 e. The van der Waals surface area contributed by atoms with Gasteiger partial charge in [-0.05, 0) is 209 Å². The maximum absolute atomic E-state index is 12.3. The normalized spacial score (nSPS) is 14.1. The summed E-state index contributed by atoms with van der Waals surface area (Å²) in [5.41, 5.74) is 29.8. The third-order valence-electron chi connectivity index (χ3n) is 28.3. The maximum Gasteiger partial charge on any atom is 0.346 e. The van der Waals surface area contributed by atoms with Gasteiger partial charge in [0, 0.05) is 78.0 Å². The van der Waals surface area contributed by atoms with Gasteiger partial charge in [0.25, 0.3) is 0 Å². The van der Waals surface area contributed by atoms with E-state index in [0.29, 0.717) is 0 Å². The number of hydrogen-bond acceptors (Lipinski definition) is 5.